The average Bonchev–Trinajstić information content (AvgIpc) is 3.22. The third-order valence-electron chi connectivity index (χ3n) is 3.70. The van der Waals surface area contributed by atoms with Gasteiger partial charge in [0.1, 0.15) is 0 Å². The van der Waals surface area contributed by atoms with Crippen LogP contribution in [-0.2, 0) is 28.1 Å². The van der Waals surface area contributed by atoms with E-state index < -0.39 is 0 Å². The molecule has 4 aromatic rings. The Bertz CT molecular complexity index is 927. The van der Waals surface area contributed by atoms with Gasteiger partial charge < -0.3 is 4.57 Å². The molecule has 0 aliphatic carbocycles. The summed E-state index contributed by atoms with van der Waals surface area (Å²) < 4.78 is 3.88. The molecule has 0 atom stereocenters. The maximum atomic E-state index is 4.37. The van der Waals surface area contributed by atoms with Gasteiger partial charge in [0.05, 0.1) is 11.5 Å². The summed E-state index contributed by atoms with van der Waals surface area (Å²) in [5.41, 5.74) is 4.20. The van der Waals surface area contributed by atoms with E-state index >= 15 is 0 Å². The van der Waals surface area contributed by atoms with Gasteiger partial charge >= 0.3 is 21.1 Å². The molecule has 0 bridgehead atoms. The molecule has 2 aromatic heterocycles. The van der Waals surface area contributed by atoms with Crippen molar-refractivity contribution in [3.05, 3.63) is 90.5 Å². The molecule has 0 fully saturated rings. The van der Waals surface area contributed by atoms with E-state index in [2.05, 4.69) is 28.3 Å². The van der Waals surface area contributed by atoms with Crippen LogP contribution in [0.25, 0.3) is 17.1 Å². The second-order valence-corrected chi connectivity index (χ2v) is 5.72. The number of rotatable bonds is 2. The van der Waals surface area contributed by atoms with Gasteiger partial charge in [-0.3, -0.25) is 9.67 Å². The van der Waals surface area contributed by atoms with Gasteiger partial charge in [0, 0.05) is 25.1 Å². The minimum Gasteiger partial charge on any atom is -0.373 e. The zero-order valence-corrected chi connectivity index (χ0v) is 17.2. The van der Waals surface area contributed by atoms with Gasteiger partial charge in [-0.15, -0.1) is 42.0 Å². The molecule has 4 nitrogen and oxygen atoms in total. The zero-order valence-electron chi connectivity index (χ0n) is 15.0. The van der Waals surface area contributed by atoms with E-state index in [4.69, 9.17) is 0 Å². The first-order valence-corrected chi connectivity index (χ1v) is 8.10. The number of hydrogen-bond donors (Lipinski definition) is 0. The average molecular weight is 523 g/mol. The molecule has 0 N–H and O–H groups in total. The van der Waals surface area contributed by atoms with E-state index in [1.807, 2.05) is 84.9 Å². The molecular formula is C21H20N4Pt. The van der Waals surface area contributed by atoms with Crippen molar-refractivity contribution in [3.63, 3.8) is 0 Å². The second kappa shape index (κ2) is 9.30. The maximum absolute atomic E-state index is 4.37. The quantitative estimate of drug-likeness (QED) is 0.370. The van der Waals surface area contributed by atoms with Crippen molar-refractivity contribution < 1.29 is 21.1 Å². The van der Waals surface area contributed by atoms with Crippen molar-refractivity contribution in [2.45, 2.75) is 13.8 Å². The van der Waals surface area contributed by atoms with E-state index in [0.717, 1.165) is 28.5 Å². The molecule has 0 radical (unpaired) electrons. The predicted octanol–water partition coefficient (Wildman–Crippen LogP) is 4.17. The zero-order chi connectivity index (χ0) is 17.6. The van der Waals surface area contributed by atoms with E-state index in [0.29, 0.717) is 0 Å². The monoisotopic (exact) mass is 523 g/mol. The number of aromatic nitrogens is 4. The van der Waals surface area contributed by atoms with Gasteiger partial charge in [0.15, 0.2) is 0 Å². The fraction of sp³-hybridized carbons (Fsp3) is 0.143. The predicted molar refractivity (Wildman–Crippen MR) is 99.4 cm³/mol. The van der Waals surface area contributed by atoms with Crippen molar-refractivity contribution in [2.75, 3.05) is 0 Å². The van der Waals surface area contributed by atoms with Crippen LogP contribution in [0.4, 0.5) is 0 Å². The molecule has 5 heteroatoms. The van der Waals surface area contributed by atoms with E-state index in [1.54, 1.807) is 6.20 Å². The van der Waals surface area contributed by atoms with E-state index in [1.165, 1.54) is 0 Å². The normalized spacial score (nSPS) is 9.81. The van der Waals surface area contributed by atoms with Crippen LogP contribution in [-0.4, -0.2) is 19.3 Å². The number of nitrogens with zero attached hydrogens (tertiary/aromatic N) is 4. The summed E-state index contributed by atoms with van der Waals surface area (Å²) in [6.07, 6.45) is 3.71. The Kier molecular flexibility index (Phi) is 7.11. The van der Waals surface area contributed by atoms with Crippen molar-refractivity contribution in [3.8, 4) is 17.1 Å². The summed E-state index contributed by atoms with van der Waals surface area (Å²) in [7, 11) is 1.98. The molecule has 0 aliphatic heterocycles. The molecular weight excluding hydrogens is 503 g/mol. The molecule has 2 aromatic carbocycles. The molecule has 0 aliphatic rings. The fourth-order valence-electron chi connectivity index (χ4n) is 2.55. The van der Waals surface area contributed by atoms with Crippen LogP contribution in [0.15, 0.2) is 67.0 Å². The SMILES string of the molecule is Cc1cc(C)n(-c2[c-]cccc2)n1.Cn1ccnc1-c1[c-]cccc1.[Pt+2]. The van der Waals surface area contributed by atoms with Gasteiger partial charge in [0.2, 0.25) is 0 Å². The number of aryl methyl sites for hydroxylation is 3. The van der Waals surface area contributed by atoms with Gasteiger partial charge in [-0.1, -0.05) is 0 Å². The number of hydrogen-bond acceptors (Lipinski definition) is 2. The summed E-state index contributed by atoms with van der Waals surface area (Å²) in [4.78, 5) is 4.22. The van der Waals surface area contributed by atoms with Crippen LogP contribution >= 0.6 is 0 Å². The minimum atomic E-state index is 0. The molecule has 0 saturated carbocycles. The van der Waals surface area contributed by atoms with Gasteiger partial charge in [-0.2, -0.15) is 29.4 Å². The van der Waals surface area contributed by atoms with Crippen molar-refractivity contribution in [2.24, 2.45) is 7.05 Å². The van der Waals surface area contributed by atoms with Crippen LogP contribution < -0.4 is 0 Å². The fourth-order valence-corrected chi connectivity index (χ4v) is 2.55. The standard InChI is InChI=1S/C11H11N2.C10H9N2.Pt/c1-9-8-10(2)13(12-9)11-6-4-3-5-7-11;1-12-8-7-11-10(12)9-5-3-2-4-6-9;/h3-6,8H,1-2H3;2-5,7-8H,1H3;/q2*-1;+2. The maximum Gasteiger partial charge on any atom is 2.00 e. The molecule has 0 saturated heterocycles. The van der Waals surface area contributed by atoms with Crippen molar-refractivity contribution >= 4 is 0 Å². The third kappa shape index (κ3) is 4.80. The first-order valence-electron chi connectivity index (χ1n) is 8.10. The summed E-state index contributed by atoms with van der Waals surface area (Å²) in [5.74, 6) is 0.954. The minimum absolute atomic E-state index is 0. The summed E-state index contributed by atoms with van der Waals surface area (Å²) >= 11 is 0. The van der Waals surface area contributed by atoms with E-state index in [9.17, 15) is 0 Å². The number of para-hydroxylation sites is 1. The van der Waals surface area contributed by atoms with Gasteiger partial charge in [0.25, 0.3) is 0 Å². The molecule has 134 valence electrons. The Morgan fingerprint density at radius 3 is 2.19 bits per heavy atom. The van der Waals surface area contributed by atoms with Crippen LogP contribution in [0.2, 0.25) is 0 Å². The number of imidazole rings is 1. The Balaban J connectivity index is 0.000000180. The van der Waals surface area contributed by atoms with Gasteiger partial charge in [-0.05, 0) is 25.6 Å². The van der Waals surface area contributed by atoms with Crippen LogP contribution in [0.3, 0.4) is 0 Å². The van der Waals surface area contributed by atoms with Crippen LogP contribution in [0.1, 0.15) is 11.4 Å². The Morgan fingerprint density at radius 1 is 0.962 bits per heavy atom. The van der Waals surface area contributed by atoms with Crippen LogP contribution in [0.5, 0.6) is 0 Å². The van der Waals surface area contributed by atoms with Crippen LogP contribution in [0, 0.1) is 26.0 Å². The molecule has 0 spiro atoms. The van der Waals surface area contributed by atoms with Gasteiger partial charge in [-0.25, -0.2) is 0 Å². The Labute approximate surface area is 168 Å². The molecule has 2 heterocycles. The summed E-state index contributed by atoms with van der Waals surface area (Å²) in [6, 6.07) is 24.0. The third-order valence-corrected chi connectivity index (χ3v) is 3.70. The smallest absolute Gasteiger partial charge is 0.373 e. The Morgan fingerprint density at radius 2 is 1.69 bits per heavy atom. The summed E-state index contributed by atoms with van der Waals surface area (Å²) in [5, 5.41) is 4.37. The van der Waals surface area contributed by atoms with Crippen molar-refractivity contribution in [1.82, 2.24) is 19.3 Å². The number of benzene rings is 2. The molecule has 4 rings (SSSR count). The molecule has 0 amide bonds. The van der Waals surface area contributed by atoms with Crippen molar-refractivity contribution in [1.29, 1.82) is 0 Å². The molecule has 0 unspecified atom stereocenters. The molecule has 26 heavy (non-hydrogen) atoms. The first kappa shape index (κ1) is 19.9. The van der Waals surface area contributed by atoms with E-state index in [-0.39, 0.29) is 21.1 Å². The summed E-state index contributed by atoms with van der Waals surface area (Å²) in [6.45, 7) is 4.04. The second-order valence-electron chi connectivity index (χ2n) is 5.72. The first-order chi connectivity index (χ1) is 12.1. The largest absolute Gasteiger partial charge is 2.00 e. The Hall–Kier alpha value is -2.45. The topological polar surface area (TPSA) is 35.6 Å².